The number of rotatable bonds is 7. The van der Waals surface area contributed by atoms with E-state index in [1.165, 1.54) is 0 Å². The summed E-state index contributed by atoms with van der Waals surface area (Å²) in [6.45, 7) is 9.20. The van der Waals surface area contributed by atoms with Crippen molar-refractivity contribution < 1.29 is 13.3 Å². The maximum absolute atomic E-state index is 5.25. The molecule has 4 heteroatoms. The van der Waals surface area contributed by atoms with Gasteiger partial charge in [-0.3, -0.25) is 0 Å². The van der Waals surface area contributed by atoms with E-state index in [4.69, 9.17) is 13.3 Å². The van der Waals surface area contributed by atoms with Gasteiger partial charge >= 0.3 is 9.53 Å². The fourth-order valence-electron chi connectivity index (χ4n) is 0.563. The summed E-state index contributed by atoms with van der Waals surface area (Å²) >= 11 is 0. The van der Waals surface area contributed by atoms with Gasteiger partial charge in [-0.15, -0.1) is 6.58 Å². The van der Waals surface area contributed by atoms with Gasteiger partial charge in [0.05, 0.1) is 6.61 Å². The average Bonchev–Trinajstić information content (AvgIpc) is 2.01. The molecule has 11 heavy (non-hydrogen) atoms. The van der Waals surface area contributed by atoms with E-state index in [1.807, 2.05) is 13.8 Å². The highest BCUT2D eigenvalue weighted by Gasteiger charge is 2.11. The summed E-state index contributed by atoms with van der Waals surface area (Å²) in [7, 11) is -1.82. The molecular formula is C7H16O3Si. The Morgan fingerprint density at radius 2 is 1.73 bits per heavy atom. The summed E-state index contributed by atoms with van der Waals surface area (Å²) in [5, 5.41) is 0. The molecule has 0 aliphatic heterocycles. The molecule has 0 aliphatic rings. The normalized spacial score (nSPS) is 10.5. The van der Waals surface area contributed by atoms with Crippen LogP contribution in [0.5, 0.6) is 0 Å². The molecule has 0 bridgehead atoms. The molecular weight excluding hydrogens is 160 g/mol. The molecule has 0 aromatic heterocycles. The first-order chi connectivity index (χ1) is 5.35. The molecule has 0 rings (SSSR count). The summed E-state index contributed by atoms with van der Waals surface area (Å²) in [4.78, 5) is 0. The molecule has 0 radical (unpaired) electrons. The Balaban J connectivity index is 3.41. The van der Waals surface area contributed by atoms with Crippen LogP contribution in [0.3, 0.4) is 0 Å². The Hall–Kier alpha value is -0.163. The van der Waals surface area contributed by atoms with Crippen molar-refractivity contribution in [2.45, 2.75) is 13.8 Å². The molecule has 0 heterocycles. The van der Waals surface area contributed by atoms with Crippen LogP contribution < -0.4 is 0 Å². The van der Waals surface area contributed by atoms with Crippen LogP contribution in [0.15, 0.2) is 12.7 Å². The lowest BCUT2D eigenvalue weighted by molar-refractivity contribution is 0.112. The maximum Gasteiger partial charge on any atom is 0.484 e. The summed E-state index contributed by atoms with van der Waals surface area (Å²) in [5.74, 6) is 0. The van der Waals surface area contributed by atoms with E-state index in [0.717, 1.165) is 0 Å². The van der Waals surface area contributed by atoms with Gasteiger partial charge in [0.1, 0.15) is 0 Å². The molecule has 0 N–H and O–H groups in total. The first kappa shape index (κ1) is 10.8. The Kier molecular flexibility index (Phi) is 7.82. The molecule has 3 nitrogen and oxygen atoms in total. The van der Waals surface area contributed by atoms with Crippen LogP contribution >= 0.6 is 0 Å². The lowest BCUT2D eigenvalue weighted by Crippen LogP contribution is -2.27. The standard InChI is InChI=1S/C7H16O3Si/c1-4-7-10-11(8-5-2)9-6-3/h4,11H,1,5-7H2,2-3H3. The Bertz CT molecular complexity index is 91.7. The lowest BCUT2D eigenvalue weighted by atomic mass is 10.7. The SMILES string of the molecule is C=CCO[SiH](OCC)OCC. The third-order valence-corrected chi connectivity index (χ3v) is 2.63. The molecule has 66 valence electrons. The first-order valence-electron chi connectivity index (χ1n) is 3.80. The summed E-state index contributed by atoms with van der Waals surface area (Å²) < 4.78 is 15.7. The fraction of sp³-hybridized carbons (Fsp3) is 0.714. The third kappa shape index (κ3) is 6.24. The molecule has 0 saturated carbocycles. The van der Waals surface area contributed by atoms with Crippen molar-refractivity contribution in [2.24, 2.45) is 0 Å². The molecule has 0 aromatic carbocycles. The summed E-state index contributed by atoms with van der Waals surface area (Å²) in [5.41, 5.74) is 0. The van der Waals surface area contributed by atoms with Crippen LogP contribution in [0.1, 0.15) is 13.8 Å². The van der Waals surface area contributed by atoms with E-state index in [-0.39, 0.29) is 0 Å². The van der Waals surface area contributed by atoms with Crippen LogP contribution in [0, 0.1) is 0 Å². The topological polar surface area (TPSA) is 27.7 Å². The fourth-order valence-corrected chi connectivity index (χ4v) is 1.69. The molecule has 0 aliphatic carbocycles. The van der Waals surface area contributed by atoms with E-state index >= 15 is 0 Å². The Morgan fingerprint density at radius 3 is 2.09 bits per heavy atom. The predicted octanol–water partition coefficient (Wildman–Crippen LogP) is 0.979. The Morgan fingerprint density at radius 1 is 1.18 bits per heavy atom. The lowest BCUT2D eigenvalue weighted by Gasteiger charge is -2.12. The summed E-state index contributed by atoms with van der Waals surface area (Å²) in [6.07, 6.45) is 1.69. The smallest absolute Gasteiger partial charge is 0.376 e. The zero-order valence-corrected chi connectivity index (χ0v) is 8.36. The monoisotopic (exact) mass is 176 g/mol. The second-order valence-electron chi connectivity index (χ2n) is 1.82. The minimum absolute atomic E-state index is 0.511. The summed E-state index contributed by atoms with van der Waals surface area (Å²) in [6, 6.07) is 0. The van der Waals surface area contributed by atoms with Crippen LogP contribution in [-0.4, -0.2) is 29.3 Å². The molecule has 0 spiro atoms. The minimum Gasteiger partial charge on any atom is -0.376 e. The third-order valence-electron chi connectivity index (χ3n) is 0.956. The van der Waals surface area contributed by atoms with Crippen LogP contribution in [-0.2, 0) is 13.3 Å². The van der Waals surface area contributed by atoms with E-state index in [1.54, 1.807) is 6.08 Å². The van der Waals surface area contributed by atoms with Gasteiger partial charge in [-0.2, -0.15) is 0 Å². The Labute approximate surface area is 69.9 Å². The van der Waals surface area contributed by atoms with E-state index in [0.29, 0.717) is 19.8 Å². The van der Waals surface area contributed by atoms with Crippen molar-refractivity contribution in [2.75, 3.05) is 19.8 Å². The quantitative estimate of drug-likeness (QED) is 0.427. The highest BCUT2D eigenvalue weighted by Crippen LogP contribution is 1.91. The van der Waals surface area contributed by atoms with Gasteiger partial charge in [0, 0.05) is 13.2 Å². The second kappa shape index (κ2) is 7.94. The molecule has 0 atom stereocenters. The van der Waals surface area contributed by atoms with Gasteiger partial charge in [0.25, 0.3) is 0 Å². The number of hydrogen-bond acceptors (Lipinski definition) is 3. The zero-order chi connectivity index (χ0) is 8.53. The molecule has 0 saturated heterocycles. The highest BCUT2D eigenvalue weighted by molar-refractivity contribution is 6.36. The van der Waals surface area contributed by atoms with Crippen molar-refractivity contribution >= 4 is 9.53 Å². The average molecular weight is 176 g/mol. The maximum atomic E-state index is 5.25. The van der Waals surface area contributed by atoms with Gasteiger partial charge in [-0.1, -0.05) is 6.08 Å². The zero-order valence-electron chi connectivity index (χ0n) is 7.21. The van der Waals surface area contributed by atoms with E-state index in [9.17, 15) is 0 Å². The van der Waals surface area contributed by atoms with Crippen molar-refractivity contribution in [3.63, 3.8) is 0 Å². The van der Waals surface area contributed by atoms with Crippen molar-refractivity contribution in [1.82, 2.24) is 0 Å². The minimum atomic E-state index is -1.82. The van der Waals surface area contributed by atoms with Crippen molar-refractivity contribution in [1.29, 1.82) is 0 Å². The van der Waals surface area contributed by atoms with Gasteiger partial charge in [0.2, 0.25) is 0 Å². The van der Waals surface area contributed by atoms with Gasteiger partial charge in [0.15, 0.2) is 0 Å². The highest BCUT2D eigenvalue weighted by atomic mass is 28.3. The predicted molar refractivity (Wildman–Crippen MR) is 46.6 cm³/mol. The van der Waals surface area contributed by atoms with Crippen molar-refractivity contribution in [3.05, 3.63) is 12.7 Å². The van der Waals surface area contributed by atoms with Crippen molar-refractivity contribution in [3.8, 4) is 0 Å². The van der Waals surface area contributed by atoms with E-state index in [2.05, 4.69) is 6.58 Å². The van der Waals surface area contributed by atoms with Gasteiger partial charge < -0.3 is 13.3 Å². The van der Waals surface area contributed by atoms with Gasteiger partial charge in [-0.05, 0) is 13.8 Å². The molecule has 0 aromatic rings. The first-order valence-corrected chi connectivity index (χ1v) is 5.22. The molecule has 0 unspecified atom stereocenters. The van der Waals surface area contributed by atoms with Crippen LogP contribution in [0.4, 0.5) is 0 Å². The largest absolute Gasteiger partial charge is 0.484 e. The van der Waals surface area contributed by atoms with Gasteiger partial charge in [-0.25, -0.2) is 0 Å². The number of hydrogen-bond donors (Lipinski definition) is 0. The van der Waals surface area contributed by atoms with Crippen LogP contribution in [0.25, 0.3) is 0 Å². The molecule has 0 amide bonds. The second-order valence-corrected chi connectivity index (χ2v) is 3.40. The molecule has 0 fully saturated rings. The van der Waals surface area contributed by atoms with E-state index < -0.39 is 9.53 Å². The van der Waals surface area contributed by atoms with Crippen LogP contribution in [0.2, 0.25) is 0 Å².